The predicted molar refractivity (Wildman–Crippen MR) is 114 cm³/mol. The molecule has 0 saturated carbocycles. The summed E-state index contributed by atoms with van der Waals surface area (Å²) in [5.41, 5.74) is 3.12. The number of aromatic nitrogens is 1. The fraction of sp³-hybridized carbons (Fsp3) is 0.125. The number of rotatable bonds is 7. The van der Waals surface area contributed by atoms with Crippen LogP contribution >= 0.6 is 0 Å². The maximum atomic E-state index is 13.0. The van der Waals surface area contributed by atoms with Crippen LogP contribution in [0.15, 0.2) is 85.1 Å². The van der Waals surface area contributed by atoms with Crippen molar-refractivity contribution in [2.75, 3.05) is 18.1 Å². The number of carbonyl (C=O) groups excluding carboxylic acids is 2. The van der Waals surface area contributed by atoms with Gasteiger partial charge in [-0.05, 0) is 36.8 Å². The van der Waals surface area contributed by atoms with Crippen molar-refractivity contribution in [2.45, 2.75) is 6.92 Å². The van der Waals surface area contributed by atoms with Crippen molar-refractivity contribution >= 4 is 23.6 Å². The molecule has 5 nitrogen and oxygen atoms in total. The Kier molecular flexibility index (Phi) is 6.90. The first-order chi connectivity index (χ1) is 14.2. The number of benzene rings is 2. The van der Waals surface area contributed by atoms with E-state index in [-0.39, 0.29) is 19.1 Å². The summed E-state index contributed by atoms with van der Waals surface area (Å²) in [5, 5.41) is 0. The zero-order chi connectivity index (χ0) is 20.5. The van der Waals surface area contributed by atoms with E-state index < -0.39 is 5.97 Å². The van der Waals surface area contributed by atoms with Gasteiger partial charge in [-0.1, -0.05) is 54.6 Å². The highest BCUT2D eigenvalue weighted by Crippen LogP contribution is 2.31. The van der Waals surface area contributed by atoms with Gasteiger partial charge < -0.3 is 4.74 Å². The van der Waals surface area contributed by atoms with Crippen LogP contribution in [-0.4, -0.2) is 30.0 Å². The number of anilines is 1. The Labute approximate surface area is 170 Å². The lowest BCUT2D eigenvalue weighted by atomic mass is 10.0. The highest BCUT2D eigenvalue weighted by Gasteiger charge is 2.21. The number of hydrogen-bond donors (Lipinski definition) is 0. The molecule has 0 N–H and O–H groups in total. The van der Waals surface area contributed by atoms with Crippen molar-refractivity contribution in [3.05, 3.63) is 90.8 Å². The first kappa shape index (κ1) is 20.0. The SMILES string of the molecule is CCOC(=O)CN(C(=O)C=Cc1ccccn1)c1ccccc1-c1ccccc1. The highest BCUT2D eigenvalue weighted by atomic mass is 16.5. The Hall–Kier alpha value is -3.73. The molecule has 0 aliphatic rings. The van der Waals surface area contributed by atoms with Crippen LogP contribution in [0, 0.1) is 0 Å². The summed E-state index contributed by atoms with van der Waals surface area (Å²) in [6.07, 6.45) is 4.71. The van der Waals surface area contributed by atoms with Crippen LogP contribution in [0.3, 0.4) is 0 Å². The lowest BCUT2D eigenvalue weighted by molar-refractivity contribution is -0.142. The second kappa shape index (κ2) is 9.99. The molecule has 0 spiro atoms. The summed E-state index contributed by atoms with van der Waals surface area (Å²) < 4.78 is 5.08. The number of hydrogen-bond acceptors (Lipinski definition) is 4. The van der Waals surface area contributed by atoms with Crippen molar-refractivity contribution in [1.29, 1.82) is 0 Å². The molecule has 0 fully saturated rings. The summed E-state index contributed by atoms with van der Waals surface area (Å²) in [6.45, 7) is 1.82. The van der Waals surface area contributed by atoms with Crippen LogP contribution in [-0.2, 0) is 14.3 Å². The highest BCUT2D eigenvalue weighted by molar-refractivity contribution is 6.08. The lowest BCUT2D eigenvalue weighted by Gasteiger charge is -2.23. The minimum Gasteiger partial charge on any atom is -0.465 e. The number of amides is 1. The van der Waals surface area contributed by atoms with Crippen LogP contribution in [0.4, 0.5) is 5.69 Å². The third-order valence-corrected chi connectivity index (χ3v) is 4.22. The fourth-order valence-corrected chi connectivity index (χ4v) is 2.91. The number of ether oxygens (including phenoxy) is 1. The second-order valence-corrected chi connectivity index (χ2v) is 6.20. The van der Waals surface area contributed by atoms with Crippen LogP contribution in [0.2, 0.25) is 0 Å². The maximum Gasteiger partial charge on any atom is 0.326 e. The topological polar surface area (TPSA) is 59.5 Å². The van der Waals surface area contributed by atoms with Gasteiger partial charge in [0.1, 0.15) is 6.54 Å². The molecule has 146 valence electrons. The van der Waals surface area contributed by atoms with Gasteiger partial charge in [0.25, 0.3) is 5.91 Å². The van der Waals surface area contributed by atoms with Gasteiger partial charge in [-0.15, -0.1) is 0 Å². The van der Waals surface area contributed by atoms with Gasteiger partial charge in [0, 0.05) is 17.8 Å². The van der Waals surface area contributed by atoms with Gasteiger partial charge in [0.15, 0.2) is 0 Å². The number of pyridine rings is 1. The fourth-order valence-electron chi connectivity index (χ4n) is 2.91. The number of para-hydroxylation sites is 1. The molecule has 2 aromatic carbocycles. The molecule has 0 atom stereocenters. The summed E-state index contributed by atoms with van der Waals surface area (Å²) in [4.78, 5) is 30.9. The van der Waals surface area contributed by atoms with E-state index in [0.29, 0.717) is 11.4 Å². The average Bonchev–Trinajstić information content (AvgIpc) is 2.77. The lowest BCUT2D eigenvalue weighted by Crippen LogP contribution is -2.35. The van der Waals surface area contributed by atoms with Gasteiger partial charge >= 0.3 is 5.97 Å². The average molecular weight is 386 g/mol. The first-order valence-corrected chi connectivity index (χ1v) is 9.39. The minimum absolute atomic E-state index is 0.178. The molecule has 5 heteroatoms. The van der Waals surface area contributed by atoms with Crippen molar-refractivity contribution in [3.8, 4) is 11.1 Å². The summed E-state index contributed by atoms with van der Waals surface area (Å²) in [5.74, 6) is -0.790. The van der Waals surface area contributed by atoms with Crippen LogP contribution in [0.1, 0.15) is 12.6 Å². The van der Waals surface area contributed by atoms with E-state index in [1.165, 1.54) is 11.0 Å². The monoisotopic (exact) mass is 386 g/mol. The van der Waals surface area contributed by atoms with E-state index in [1.807, 2.05) is 66.7 Å². The van der Waals surface area contributed by atoms with Gasteiger partial charge in [0.05, 0.1) is 18.0 Å². The Morgan fingerprint density at radius 1 is 0.966 bits per heavy atom. The molecule has 29 heavy (non-hydrogen) atoms. The third kappa shape index (κ3) is 5.39. The molecule has 0 aliphatic heterocycles. The van der Waals surface area contributed by atoms with Crippen molar-refractivity contribution in [1.82, 2.24) is 4.98 Å². The maximum absolute atomic E-state index is 13.0. The van der Waals surface area contributed by atoms with Crippen molar-refractivity contribution in [3.63, 3.8) is 0 Å². The van der Waals surface area contributed by atoms with Gasteiger partial charge in [0.2, 0.25) is 0 Å². The molecular formula is C24H22N2O3. The quantitative estimate of drug-likeness (QED) is 0.447. The Morgan fingerprint density at radius 2 is 1.69 bits per heavy atom. The molecule has 1 aromatic heterocycles. The summed E-state index contributed by atoms with van der Waals surface area (Å²) >= 11 is 0. The first-order valence-electron chi connectivity index (χ1n) is 9.39. The molecule has 3 rings (SSSR count). The molecule has 0 aliphatic carbocycles. The Bertz CT molecular complexity index is 985. The molecule has 1 heterocycles. The smallest absolute Gasteiger partial charge is 0.326 e. The Balaban J connectivity index is 1.97. The largest absolute Gasteiger partial charge is 0.465 e. The summed E-state index contributed by atoms with van der Waals surface area (Å²) in [7, 11) is 0. The summed E-state index contributed by atoms with van der Waals surface area (Å²) in [6, 6.07) is 22.7. The molecular weight excluding hydrogens is 364 g/mol. The number of carbonyl (C=O) groups is 2. The minimum atomic E-state index is -0.463. The van der Waals surface area contributed by atoms with Crippen LogP contribution in [0.5, 0.6) is 0 Å². The van der Waals surface area contributed by atoms with E-state index in [0.717, 1.165) is 11.1 Å². The molecule has 3 aromatic rings. The van der Waals surface area contributed by atoms with Crippen LogP contribution < -0.4 is 4.90 Å². The van der Waals surface area contributed by atoms with Gasteiger partial charge in [-0.2, -0.15) is 0 Å². The van der Waals surface area contributed by atoms with E-state index >= 15 is 0 Å². The van der Waals surface area contributed by atoms with E-state index in [2.05, 4.69) is 4.98 Å². The third-order valence-electron chi connectivity index (χ3n) is 4.22. The zero-order valence-corrected chi connectivity index (χ0v) is 16.2. The predicted octanol–water partition coefficient (Wildman–Crippen LogP) is 4.36. The van der Waals surface area contributed by atoms with Gasteiger partial charge in [-0.25, -0.2) is 0 Å². The standard InChI is InChI=1S/C24H22N2O3/c1-2-29-24(28)18-26(23(27)16-15-20-12-8-9-17-25-20)22-14-7-6-13-21(22)19-10-4-3-5-11-19/h3-17H,2,18H2,1H3. The number of esters is 1. The van der Waals surface area contributed by atoms with Crippen molar-refractivity contribution < 1.29 is 14.3 Å². The molecule has 1 amide bonds. The van der Waals surface area contributed by atoms with E-state index in [9.17, 15) is 9.59 Å². The Morgan fingerprint density at radius 3 is 2.41 bits per heavy atom. The second-order valence-electron chi connectivity index (χ2n) is 6.20. The van der Waals surface area contributed by atoms with E-state index in [1.54, 1.807) is 25.3 Å². The van der Waals surface area contributed by atoms with Crippen molar-refractivity contribution in [2.24, 2.45) is 0 Å². The van der Waals surface area contributed by atoms with E-state index in [4.69, 9.17) is 4.74 Å². The van der Waals surface area contributed by atoms with Crippen LogP contribution in [0.25, 0.3) is 17.2 Å². The zero-order valence-electron chi connectivity index (χ0n) is 16.2. The molecule has 0 radical (unpaired) electrons. The molecule has 0 bridgehead atoms. The van der Waals surface area contributed by atoms with Gasteiger partial charge in [-0.3, -0.25) is 19.5 Å². The number of nitrogens with zero attached hydrogens (tertiary/aromatic N) is 2. The molecule has 0 unspecified atom stereocenters. The normalized spacial score (nSPS) is 10.7. The molecule has 0 saturated heterocycles.